The fourth-order valence-electron chi connectivity index (χ4n) is 3.99. The number of aliphatic hydroxyl groups excluding tert-OH is 1. The molecule has 0 saturated heterocycles. The van der Waals surface area contributed by atoms with Crippen molar-refractivity contribution in [3.63, 3.8) is 0 Å². The van der Waals surface area contributed by atoms with Crippen LogP contribution in [0, 0.1) is 16.7 Å². The van der Waals surface area contributed by atoms with Gasteiger partial charge in [0.25, 0.3) is 0 Å². The molecule has 0 spiro atoms. The number of rotatable bonds is 4. The maximum Gasteiger partial charge on any atom is 0.0431 e. The SMILES string of the molecule is CC(C)C12CCC(CCCO)(CC1)CC2. The summed E-state index contributed by atoms with van der Waals surface area (Å²) in [4.78, 5) is 0. The zero-order chi connectivity index (χ0) is 10.9. The molecule has 1 nitrogen and oxygen atoms in total. The van der Waals surface area contributed by atoms with Crippen molar-refractivity contribution in [3.8, 4) is 0 Å². The maximum absolute atomic E-state index is 8.96. The van der Waals surface area contributed by atoms with Gasteiger partial charge < -0.3 is 5.11 Å². The van der Waals surface area contributed by atoms with Crippen molar-refractivity contribution >= 4 is 0 Å². The Hall–Kier alpha value is -0.0400. The molecule has 1 N–H and O–H groups in total. The largest absolute Gasteiger partial charge is 0.396 e. The highest BCUT2D eigenvalue weighted by Gasteiger charge is 2.49. The van der Waals surface area contributed by atoms with Crippen LogP contribution in [-0.2, 0) is 0 Å². The normalized spacial score (nSPS) is 40.0. The topological polar surface area (TPSA) is 20.2 Å². The molecular formula is C14H26O. The van der Waals surface area contributed by atoms with Crippen molar-refractivity contribution in [2.75, 3.05) is 6.61 Å². The van der Waals surface area contributed by atoms with Crippen LogP contribution in [0.5, 0.6) is 0 Å². The summed E-state index contributed by atoms with van der Waals surface area (Å²) >= 11 is 0. The van der Waals surface area contributed by atoms with E-state index in [2.05, 4.69) is 13.8 Å². The number of hydrogen-bond donors (Lipinski definition) is 1. The lowest BCUT2D eigenvalue weighted by Gasteiger charge is -2.55. The Morgan fingerprint density at radius 1 is 1.00 bits per heavy atom. The molecular weight excluding hydrogens is 184 g/mol. The van der Waals surface area contributed by atoms with Crippen LogP contribution in [0.15, 0.2) is 0 Å². The van der Waals surface area contributed by atoms with Crippen molar-refractivity contribution in [1.29, 1.82) is 0 Å². The molecule has 0 atom stereocenters. The molecule has 88 valence electrons. The van der Waals surface area contributed by atoms with Crippen LogP contribution >= 0.6 is 0 Å². The van der Waals surface area contributed by atoms with Crippen molar-refractivity contribution < 1.29 is 5.11 Å². The predicted octanol–water partition coefficient (Wildman–Crippen LogP) is 3.76. The van der Waals surface area contributed by atoms with Gasteiger partial charge in [0, 0.05) is 6.61 Å². The average Bonchev–Trinajstić information content (AvgIpc) is 2.29. The summed E-state index contributed by atoms with van der Waals surface area (Å²) in [6.45, 7) is 5.20. The van der Waals surface area contributed by atoms with E-state index < -0.39 is 0 Å². The second-order valence-corrected chi connectivity index (χ2v) is 6.34. The van der Waals surface area contributed by atoms with Crippen LogP contribution in [0.25, 0.3) is 0 Å². The molecule has 0 radical (unpaired) electrons. The van der Waals surface area contributed by atoms with E-state index in [1.807, 2.05) is 0 Å². The Bertz CT molecular complexity index is 195. The Kier molecular flexibility index (Phi) is 3.12. The number of fused-ring (bicyclic) bond motifs is 3. The minimum Gasteiger partial charge on any atom is -0.396 e. The summed E-state index contributed by atoms with van der Waals surface area (Å²) < 4.78 is 0. The van der Waals surface area contributed by atoms with Gasteiger partial charge in [0.05, 0.1) is 0 Å². The van der Waals surface area contributed by atoms with E-state index in [1.54, 1.807) is 0 Å². The first-order valence-electron chi connectivity index (χ1n) is 6.73. The molecule has 3 aliphatic rings. The lowest BCUT2D eigenvalue weighted by Crippen LogP contribution is -2.44. The second-order valence-electron chi connectivity index (χ2n) is 6.34. The second kappa shape index (κ2) is 4.08. The van der Waals surface area contributed by atoms with Crippen LogP contribution in [0.1, 0.15) is 65.2 Å². The molecule has 3 aliphatic carbocycles. The van der Waals surface area contributed by atoms with Crippen molar-refractivity contribution in [2.45, 2.75) is 65.2 Å². The fraction of sp³-hybridized carbons (Fsp3) is 1.00. The van der Waals surface area contributed by atoms with Gasteiger partial charge in [0.1, 0.15) is 0 Å². The summed E-state index contributed by atoms with van der Waals surface area (Å²) in [6, 6.07) is 0. The van der Waals surface area contributed by atoms with Crippen LogP contribution in [0.4, 0.5) is 0 Å². The zero-order valence-electron chi connectivity index (χ0n) is 10.4. The third-order valence-electron chi connectivity index (χ3n) is 5.55. The van der Waals surface area contributed by atoms with E-state index >= 15 is 0 Å². The van der Waals surface area contributed by atoms with Crippen LogP contribution in [-0.4, -0.2) is 11.7 Å². The molecule has 0 unspecified atom stereocenters. The van der Waals surface area contributed by atoms with Gasteiger partial charge in [-0.1, -0.05) is 13.8 Å². The summed E-state index contributed by atoms with van der Waals surface area (Å²) in [7, 11) is 0. The molecule has 3 rings (SSSR count). The summed E-state index contributed by atoms with van der Waals surface area (Å²) in [5.74, 6) is 0.869. The van der Waals surface area contributed by atoms with Crippen molar-refractivity contribution in [3.05, 3.63) is 0 Å². The molecule has 0 aromatic heterocycles. The fourth-order valence-corrected chi connectivity index (χ4v) is 3.99. The van der Waals surface area contributed by atoms with E-state index in [1.165, 1.54) is 44.9 Å². The van der Waals surface area contributed by atoms with Crippen LogP contribution < -0.4 is 0 Å². The van der Waals surface area contributed by atoms with Gasteiger partial charge in [-0.2, -0.15) is 0 Å². The quantitative estimate of drug-likeness (QED) is 0.749. The standard InChI is InChI=1S/C14H26O/c1-12(2)14-8-5-13(6-9-14,7-10-14)4-3-11-15/h12,15H,3-11H2,1-2H3. The highest BCUT2D eigenvalue weighted by Crippen LogP contribution is 2.61. The molecule has 0 aromatic rings. The Morgan fingerprint density at radius 2 is 1.53 bits per heavy atom. The van der Waals surface area contributed by atoms with Crippen LogP contribution in [0.3, 0.4) is 0 Å². The highest BCUT2D eigenvalue weighted by molar-refractivity contribution is 5.00. The Balaban J connectivity index is 1.98. The average molecular weight is 210 g/mol. The molecule has 2 bridgehead atoms. The van der Waals surface area contributed by atoms with Crippen molar-refractivity contribution in [2.24, 2.45) is 16.7 Å². The molecule has 0 heterocycles. The van der Waals surface area contributed by atoms with Gasteiger partial charge in [-0.3, -0.25) is 0 Å². The van der Waals surface area contributed by atoms with Gasteiger partial charge in [-0.25, -0.2) is 0 Å². The lowest BCUT2D eigenvalue weighted by molar-refractivity contribution is -0.0448. The predicted molar refractivity (Wildman–Crippen MR) is 63.7 cm³/mol. The molecule has 0 amide bonds. The first-order valence-corrected chi connectivity index (χ1v) is 6.73. The third kappa shape index (κ3) is 1.95. The van der Waals surface area contributed by atoms with Gasteiger partial charge in [0.15, 0.2) is 0 Å². The third-order valence-corrected chi connectivity index (χ3v) is 5.55. The molecule has 15 heavy (non-hydrogen) atoms. The first kappa shape index (κ1) is 11.4. The van der Waals surface area contributed by atoms with Gasteiger partial charge in [-0.05, 0) is 68.1 Å². The maximum atomic E-state index is 8.96. The summed E-state index contributed by atoms with van der Waals surface area (Å²) in [5, 5.41) is 8.96. The first-order chi connectivity index (χ1) is 7.13. The monoisotopic (exact) mass is 210 g/mol. The zero-order valence-corrected chi connectivity index (χ0v) is 10.4. The molecule has 0 aromatic carbocycles. The minimum absolute atomic E-state index is 0.386. The Labute approximate surface area is 94.3 Å². The highest BCUT2D eigenvalue weighted by atomic mass is 16.2. The van der Waals surface area contributed by atoms with Crippen molar-refractivity contribution in [1.82, 2.24) is 0 Å². The number of hydrogen-bond acceptors (Lipinski definition) is 1. The van der Waals surface area contributed by atoms with E-state index in [4.69, 9.17) is 5.11 Å². The number of aliphatic hydroxyl groups is 1. The lowest BCUT2D eigenvalue weighted by atomic mass is 9.50. The molecule has 3 saturated carbocycles. The minimum atomic E-state index is 0.386. The van der Waals surface area contributed by atoms with Crippen LogP contribution in [0.2, 0.25) is 0 Å². The molecule has 3 fully saturated rings. The smallest absolute Gasteiger partial charge is 0.0431 e. The van der Waals surface area contributed by atoms with E-state index in [9.17, 15) is 0 Å². The van der Waals surface area contributed by atoms with E-state index in [0.29, 0.717) is 17.4 Å². The summed E-state index contributed by atoms with van der Waals surface area (Å²) in [6.07, 6.45) is 11.0. The summed E-state index contributed by atoms with van der Waals surface area (Å²) in [5.41, 5.74) is 1.33. The molecule has 1 heteroatoms. The van der Waals surface area contributed by atoms with Gasteiger partial charge in [-0.15, -0.1) is 0 Å². The Morgan fingerprint density at radius 3 is 1.93 bits per heavy atom. The molecule has 0 aliphatic heterocycles. The van der Waals surface area contributed by atoms with E-state index in [-0.39, 0.29) is 0 Å². The van der Waals surface area contributed by atoms with E-state index in [0.717, 1.165) is 12.3 Å². The van der Waals surface area contributed by atoms with Gasteiger partial charge in [0.2, 0.25) is 0 Å². The van der Waals surface area contributed by atoms with Gasteiger partial charge >= 0.3 is 0 Å².